The Morgan fingerprint density at radius 3 is 2.64 bits per heavy atom. The van der Waals surface area contributed by atoms with E-state index < -0.39 is 11.4 Å². The SMILES string of the molecule is N=Nc1c(O)[nH]c(=S)[nH]c1=O. The van der Waals surface area contributed by atoms with E-state index in [1.54, 1.807) is 0 Å². The third-order valence-electron chi connectivity index (χ3n) is 1.01. The molecular formula is C4H4N4O2S. The molecule has 0 saturated carbocycles. The molecule has 0 aliphatic carbocycles. The van der Waals surface area contributed by atoms with Gasteiger partial charge in [-0.05, 0) is 12.2 Å². The van der Waals surface area contributed by atoms with Crippen molar-refractivity contribution in [1.82, 2.24) is 9.97 Å². The van der Waals surface area contributed by atoms with E-state index in [9.17, 15) is 4.79 Å². The maximum absolute atomic E-state index is 10.8. The van der Waals surface area contributed by atoms with E-state index in [1.165, 1.54) is 0 Å². The van der Waals surface area contributed by atoms with Gasteiger partial charge < -0.3 is 10.1 Å². The average Bonchev–Trinajstić information content (AvgIpc) is 1.85. The first-order valence-electron chi connectivity index (χ1n) is 2.58. The second-order valence-electron chi connectivity index (χ2n) is 1.72. The Labute approximate surface area is 65.4 Å². The highest BCUT2D eigenvalue weighted by Gasteiger charge is 2.03. The van der Waals surface area contributed by atoms with Crippen LogP contribution in [0.4, 0.5) is 5.69 Å². The molecule has 0 radical (unpaired) electrons. The summed E-state index contributed by atoms with van der Waals surface area (Å²) in [4.78, 5) is 15.2. The summed E-state index contributed by atoms with van der Waals surface area (Å²) in [6.45, 7) is 0. The molecule has 1 heterocycles. The van der Waals surface area contributed by atoms with Gasteiger partial charge in [0, 0.05) is 0 Å². The number of H-pyrrole nitrogens is 2. The fourth-order valence-corrected chi connectivity index (χ4v) is 0.761. The summed E-state index contributed by atoms with van der Waals surface area (Å²) in [5, 5.41) is 11.7. The topological polar surface area (TPSA) is 105 Å². The average molecular weight is 172 g/mol. The minimum atomic E-state index is -0.679. The van der Waals surface area contributed by atoms with Crippen molar-refractivity contribution < 1.29 is 5.11 Å². The van der Waals surface area contributed by atoms with Crippen molar-refractivity contribution in [2.45, 2.75) is 0 Å². The lowest BCUT2D eigenvalue weighted by atomic mass is 10.5. The third-order valence-corrected chi connectivity index (χ3v) is 1.21. The van der Waals surface area contributed by atoms with Crippen LogP contribution in [0.2, 0.25) is 0 Å². The number of rotatable bonds is 1. The maximum atomic E-state index is 10.8. The molecular weight excluding hydrogens is 168 g/mol. The van der Waals surface area contributed by atoms with Gasteiger partial charge in [0.15, 0.2) is 4.77 Å². The lowest BCUT2D eigenvalue weighted by molar-refractivity contribution is 0.451. The fourth-order valence-electron chi connectivity index (χ4n) is 0.572. The molecule has 1 rings (SSSR count). The highest BCUT2D eigenvalue weighted by atomic mass is 32.1. The lowest BCUT2D eigenvalue weighted by Crippen LogP contribution is -2.05. The minimum absolute atomic E-state index is 0.0000926. The number of aromatic nitrogens is 2. The van der Waals surface area contributed by atoms with Gasteiger partial charge >= 0.3 is 0 Å². The molecule has 1 aromatic heterocycles. The number of aromatic hydroxyl groups is 1. The van der Waals surface area contributed by atoms with Crippen LogP contribution in [0.3, 0.4) is 0 Å². The van der Waals surface area contributed by atoms with Crippen molar-refractivity contribution in [2.75, 3.05) is 0 Å². The van der Waals surface area contributed by atoms with Crippen molar-refractivity contribution >= 4 is 17.9 Å². The third kappa shape index (κ3) is 1.32. The Morgan fingerprint density at radius 1 is 1.55 bits per heavy atom. The van der Waals surface area contributed by atoms with Gasteiger partial charge in [-0.25, -0.2) is 5.53 Å². The summed E-state index contributed by atoms with van der Waals surface area (Å²) in [5.74, 6) is -0.492. The number of nitrogens with zero attached hydrogens (tertiary/aromatic N) is 1. The fraction of sp³-hybridized carbons (Fsp3) is 0. The van der Waals surface area contributed by atoms with Crippen molar-refractivity contribution in [2.24, 2.45) is 5.11 Å². The summed E-state index contributed by atoms with van der Waals surface area (Å²) < 4.78 is -0.0000926. The van der Waals surface area contributed by atoms with E-state index in [2.05, 4.69) is 27.3 Å². The largest absolute Gasteiger partial charge is 0.493 e. The first kappa shape index (κ1) is 7.61. The van der Waals surface area contributed by atoms with Crippen LogP contribution in [0.1, 0.15) is 0 Å². The first-order valence-corrected chi connectivity index (χ1v) is 2.99. The molecule has 1 aromatic rings. The van der Waals surface area contributed by atoms with E-state index >= 15 is 0 Å². The molecule has 0 aliphatic heterocycles. The molecule has 4 N–H and O–H groups in total. The van der Waals surface area contributed by atoms with E-state index in [4.69, 9.17) is 10.6 Å². The van der Waals surface area contributed by atoms with Crippen molar-refractivity contribution in [3.8, 4) is 5.88 Å². The summed E-state index contributed by atoms with van der Waals surface area (Å²) in [6, 6.07) is 0. The summed E-state index contributed by atoms with van der Waals surface area (Å²) >= 11 is 4.52. The summed E-state index contributed by atoms with van der Waals surface area (Å²) in [5.41, 5.74) is 5.43. The molecule has 0 aliphatic rings. The monoisotopic (exact) mass is 172 g/mol. The second kappa shape index (κ2) is 2.62. The standard InChI is InChI=1S/C4H4N4O2S/c5-8-1-2(9)6-4(11)7-3(1)10/h5H,(H3,6,7,9,10,11). The van der Waals surface area contributed by atoms with Crippen LogP contribution in [0.5, 0.6) is 5.88 Å². The van der Waals surface area contributed by atoms with Crippen LogP contribution < -0.4 is 5.56 Å². The van der Waals surface area contributed by atoms with Gasteiger partial charge in [0.05, 0.1) is 0 Å². The highest BCUT2D eigenvalue weighted by molar-refractivity contribution is 7.71. The van der Waals surface area contributed by atoms with Gasteiger partial charge in [-0.2, -0.15) is 0 Å². The summed E-state index contributed by atoms with van der Waals surface area (Å²) in [7, 11) is 0. The quantitative estimate of drug-likeness (QED) is 0.372. The molecule has 0 fully saturated rings. The Balaban J connectivity index is 3.62. The second-order valence-corrected chi connectivity index (χ2v) is 2.13. The zero-order valence-electron chi connectivity index (χ0n) is 5.21. The molecule has 0 spiro atoms. The van der Waals surface area contributed by atoms with Crippen molar-refractivity contribution in [3.63, 3.8) is 0 Å². The van der Waals surface area contributed by atoms with Crippen LogP contribution in [0.15, 0.2) is 9.91 Å². The van der Waals surface area contributed by atoms with Crippen molar-refractivity contribution in [3.05, 3.63) is 15.1 Å². The number of nitrogens with one attached hydrogen (secondary N) is 3. The van der Waals surface area contributed by atoms with Crippen LogP contribution in [-0.2, 0) is 0 Å². The molecule has 7 heteroatoms. The predicted molar refractivity (Wildman–Crippen MR) is 38.7 cm³/mol. The minimum Gasteiger partial charge on any atom is -0.493 e. The number of hydrogen-bond donors (Lipinski definition) is 4. The smallest absolute Gasteiger partial charge is 0.283 e. The van der Waals surface area contributed by atoms with Crippen LogP contribution in [0, 0.1) is 10.3 Å². The van der Waals surface area contributed by atoms with E-state index in [0.717, 1.165) is 0 Å². The van der Waals surface area contributed by atoms with E-state index in [1.807, 2.05) is 0 Å². The number of aromatic amines is 2. The molecule has 0 atom stereocenters. The van der Waals surface area contributed by atoms with Crippen LogP contribution >= 0.6 is 12.2 Å². The normalized spacial score (nSPS) is 9.45. The van der Waals surface area contributed by atoms with Gasteiger partial charge in [-0.1, -0.05) is 0 Å². The molecule has 6 nitrogen and oxygen atoms in total. The van der Waals surface area contributed by atoms with Gasteiger partial charge in [0.2, 0.25) is 11.6 Å². The predicted octanol–water partition coefficient (Wildman–Crippen LogP) is 0.801. The summed E-state index contributed by atoms with van der Waals surface area (Å²) in [6.07, 6.45) is 0. The van der Waals surface area contributed by atoms with Crippen molar-refractivity contribution in [1.29, 1.82) is 5.53 Å². The molecule has 11 heavy (non-hydrogen) atoms. The Morgan fingerprint density at radius 2 is 2.18 bits per heavy atom. The zero-order valence-corrected chi connectivity index (χ0v) is 6.03. The van der Waals surface area contributed by atoms with Crippen LogP contribution in [-0.4, -0.2) is 15.1 Å². The van der Waals surface area contributed by atoms with Gasteiger partial charge in [0.25, 0.3) is 5.56 Å². The molecule has 0 aromatic carbocycles. The molecule has 0 unspecified atom stereocenters. The molecule has 0 bridgehead atoms. The molecule has 0 saturated heterocycles. The zero-order chi connectivity index (χ0) is 8.43. The molecule has 0 amide bonds. The highest BCUT2D eigenvalue weighted by Crippen LogP contribution is 2.15. The van der Waals surface area contributed by atoms with Gasteiger partial charge in [0.1, 0.15) is 0 Å². The Hall–Kier alpha value is -1.50. The first-order chi connectivity index (χ1) is 5.15. The van der Waals surface area contributed by atoms with E-state index in [-0.39, 0.29) is 10.5 Å². The van der Waals surface area contributed by atoms with Gasteiger partial charge in [-0.15, -0.1) is 5.11 Å². The maximum Gasteiger partial charge on any atom is 0.283 e. The Bertz CT molecular complexity index is 392. The Kier molecular flexibility index (Phi) is 1.81. The van der Waals surface area contributed by atoms with Gasteiger partial charge in [-0.3, -0.25) is 9.78 Å². The lowest BCUT2D eigenvalue weighted by Gasteiger charge is -1.93. The molecule has 58 valence electrons. The van der Waals surface area contributed by atoms with E-state index in [0.29, 0.717) is 0 Å². The van der Waals surface area contributed by atoms with Crippen LogP contribution in [0.25, 0.3) is 0 Å². The number of hydrogen-bond acceptors (Lipinski definition) is 5.